The Morgan fingerprint density at radius 2 is 2.24 bits per heavy atom. The standard InChI is InChI=1S/C16H19N3OS/c20-16(13-10-21-14-4-2-1-3-12(13)14)18-11-5-6-15-17-7-8-19(15)9-11/h7-8,10-11H,1-6,9H2,(H,18,20)/t11-/m1/s1. The summed E-state index contributed by atoms with van der Waals surface area (Å²) in [4.78, 5) is 18.3. The number of hydrogen-bond donors (Lipinski definition) is 1. The van der Waals surface area contributed by atoms with Crippen LogP contribution in [0.3, 0.4) is 0 Å². The third-order valence-electron chi connectivity index (χ3n) is 4.58. The number of amides is 1. The molecule has 2 aromatic heterocycles. The quantitative estimate of drug-likeness (QED) is 0.926. The van der Waals surface area contributed by atoms with Crippen LogP contribution in [0.25, 0.3) is 0 Å². The summed E-state index contributed by atoms with van der Waals surface area (Å²) in [5, 5.41) is 5.27. The molecule has 21 heavy (non-hydrogen) atoms. The minimum atomic E-state index is 0.114. The number of nitrogens with one attached hydrogen (secondary N) is 1. The molecule has 1 amide bonds. The van der Waals surface area contributed by atoms with Crippen LogP contribution in [0.15, 0.2) is 17.8 Å². The zero-order valence-corrected chi connectivity index (χ0v) is 12.8. The molecule has 2 aromatic rings. The first-order valence-electron chi connectivity index (χ1n) is 7.71. The second-order valence-corrected chi connectivity index (χ2v) is 6.93. The van der Waals surface area contributed by atoms with Crippen molar-refractivity contribution >= 4 is 17.2 Å². The van der Waals surface area contributed by atoms with E-state index in [1.807, 2.05) is 12.4 Å². The van der Waals surface area contributed by atoms with E-state index >= 15 is 0 Å². The molecule has 0 saturated heterocycles. The maximum atomic E-state index is 12.6. The van der Waals surface area contributed by atoms with Gasteiger partial charge >= 0.3 is 0 Å². The molecule has 2 aliphatic rings. The zero-order chi connectivity index (χ0) is 14.2. The monoisotopic (exact) mass is 301 g/mol. The topological polar surface area (TPSA) is 46.9 Å². The van der Waals surface area contributed by atoms with E-state index in [2.05, 4.69) is 20.2 Å². The lowest BCUT2D eigenvalue weighted by Gasteiger charge is -2.25. The molecule has 1 aliphatic heterocycles. The largest absolute Gasteiger partial charge is 0.347 e. The lowest BCUT2D eigenvalue weighted by molar-refractivity contribution is 0.0927. The number of hydrogen-bond acceptors (Lipinski definition) is 3. The van der Waals surface area contributed by atoms with Gasteiger partial charge in [0, 0.05) is 41.7 Å². The molecule has 0 bridgehead atoms. The summed E-state index contributed by atoms with van der Waals surface area (Å²) in [5.41, 5.74) is 2.23. The van der Waals surface area contributed by atoms with Crippen LogP contribution >= 0.6 is 11.3 Å². The van der Waals surface area contributed by atoms with Crippen LogP contribution in [0, 0.1) is 0 Å². The molecule has 1 aliphatic carbocycles. The number of rotatable bonds is 2. The molecule has 110 valence electrons. The number of imidazole rings is 1. The molecule has 1 atom stereocenters. The van der Waals surface area contributed by atoms with E-state index in [0.29, 0.717) is 0 Å². The first-order chi connectivity index (χ1) is 10.3. The second kappa shape index (κ2) is 5.30. The Morgan fingerprint density at radius 3 is 3.19 bits per heavy atom. The van der Waals surface area contributed by atoms with Crippen LogP contribution in [0.1, 0.15) is 45.9 Å². The maximum Gasteiger partial charge on any atom is 0.252 e. The lowest BCUT2D eigenvalue weighted by atomic mass is 9.95. The molecule has 1 N–H and O–H groups in total. The summed E-state index contributed by atoms with van der Waals surface area (Å²) >= 11 is 1.76. The third-order valence-corrected chi connectivity index (χ3v) is 5.66. The zero-order valence-electron chi connectivity index (χ0n) is 12.0. The van der Waals surface area contributed by atoms with Crippen molar-refractivity contribution in [1.29, 1.82) is 0 Å². The van der Waals surface area contributed by atoms with Crippen LogP contribution in [-0.4, -0.2) is 21.5 Å². The molecule has 0 fully saturated rings. The smallest absolute Gasteiger partial charge is 0.252 e. The summed E-state index contributed by atoms with van der Waals surface area (Å²) in [7, 11) is 0. The van der Waals surface area contributed by atoms with Gasteiger partial charge in [-0.2, -0.15) is 0 Å². The predicted octanol–water partition coefficient (Wildman–Crippen LogP) is 2.57. The van der Waals surface area contributed by atoms with Gasteiger partial charge in [-0.05, 0) is 37.7 Å². The minimum absolute atomic E-state index is 0.114. The molecule has 0 spiro atoms. The van der Waals surface area contributed by atoms with Crippen molar-refractivity contribution < 1.29 is 4.79 Å². The van der Waals surface area contributed by atoms with Crippen LogP contribution in [0.4, 0.5) is 0 Å². The first-order valence-corrected chi connectivity index (χ1v) is 8.59. The first kappa shape index (κ1) is 13.1. The number of nitrogens with zero attached hydrogens (tertiary/aromatic N) is 2. The highest BCUT2D eigenvalue weighted by Crippen LogP contribution is 2.30. The van der Waals surface area contributed by atoms with Crippen molar-refractivity contribution in [3.8, 4) is 0 Å². The fraction of sp³-hybridized carbons (Fsp3) is 0.500. The van der Waals surface area contributed by atoms with E-state index < -0.39 is 0 Å². The molecular weight excluding hydrogens is 282 g/mol. The SMILES string of the molecule is O=C(N[C@@H]1CCc2nccn2C1)c1csc2c1CCCC2. The van der Waals surface area contributed by atoms with Crippen molar-refractivity contribution in [1.82, 2.24) is 14.9 Å². The number of fused-ring (bicyclic) bond motifs is 2. The van der Waals surface area contributed by atoms with Crippen molar-refractivity contribution in [3.05, 3.63) is 39.6 Å². The average molecular weight is 301 g/mol. The van der Waals surface area contributed by atoms with Gasteiger partial charge in [-0.3, -0.25) is 4.79 Å². The molecule has 3 heterocycles. The number of carbonyl (C=O) groups excluding carboxylic acids is 1. The molecule has 5 heteroatoms. The van der Waals surface area contributed by atoms with Gasteiger partial charge in [-0.25, -0.2) is 4.98 Å². The molecule has 0 radical (unpaired) electrons. The molecule has 4 rings (SSSR count). The molecule has 4 nitrogen and oxygen atoms in total. The summed E-state index contributed by atoms with van der Waals surface area (Å²) in [6, 6.07) is 0.221. The van der Waals surface area contributed by atoms with E-state index in [1.165, 1.54) is 23.3 Å². The van der Waals surface area contributed by atoms with Crippen molar-refractivity contribution in [2.75, 3.05) is 0 Å². The van der Waals surface area contributed by atoms with Gasteiger partial charge in [0.15, 0.2) is 0 Å². The van der Waals surface area contributed by atoms with Crippen LogP contribution in [-0.2, 0) is 25.8 Å². The summed E-state index contributed by atoms with van der Waals surface area (Å²) in [6.07, 6.45) is 10.5. The van der Waals surface area contributed by atoms with E-state index in [-0.39, 0.29) is 11.9 Å². The minimum Gasteiger partial charge on any atom is -0.347 e. The normalized spacial score (nSPS) is 20.7. The van der Waals surface area contributed by atoms with Gasteiger partial charge in [0.05, 0.1) is 5.56 Å². The summed E-state index contributed by atoms with van der Waals surface area (Å²) < 4.78 is 2.15. The number of thiophene rings is 1. The highest BCUT2D eigenvalue weighted by atomic mass is 32.1. The average Bonchev–Trinajstić information content (AvgIpc) is 3.13. The van der Waals surface area contributed by atoms with Gasteiger partial charge in [-0.15, -0.1) is 11.3 Å². The Balaban J connectivity index is 1.48. The Bertz CT molecular complexity index is 673. The highest BCUT2D eigenvalue weighted by Gasteiger charge is 2.24. The van der Waals surface area contributed by atoms with E-state index in [4.69, 9.17) is 0 Å². The van der Waals surface area contributed by atoms with Crippen molar-refractivity contribution in [2.45, 2.75) is 51.1 Å². The molecule has 0 saturated carbocycles. The number of carbonyl (C=O) groups is 1. The van der Waals surface area contributed by atoms with Gasteiger partial charge < -0.3 is 9.88 Å². The number of aryl methyl sites for hydroxylation is 2. The Morgan fingerprint density at radius 1 is 1.33 bits per heavy atom. The molecular formula is C16H19N3OS. The van der Waals surface area contributed by atoms with E-state index in [1.54, 1.807) is 11.3 Å². The molecule has 0 unspecified atom stereocenters. The Kier molecular flexibility index (Phi) is 3.30. The van der Waals surface area contributed by atoms with Crippen molar-refractivity contribution in [3.63, 3.8) is 0 Å². The maximum absolute atomic E-state index is 12.6. The fourth-order valence-electron chi connectivity index (χ4n) is 3.43. The van der Waals surface area contributed by atoms with Gasteiger partial charge in [0.25, 0.3) is 5.91 Å². The lowest BCUT2D eigenvalue weighted by Crippen LogP contribution is -2.41. The van der Waals surface area contributed by atoms with Gasteiger partial charge in [-0.1, -0.05) is 0 Å². The molecule has 0 aromatic carbocycles. The van der Waals surface area contributed by atoms with Gasteiger partial charge in [0.2, 0.25) is 0 Å². The summed E-state index contributed by atoms with van der Waals surface area (Å²) in [5.74, 6) is 1.25. The van der Waals surface area contributed by atoms with Crippen molar-refractivity contribution in [2.24, 2.45) is 0 Å². The van der Waals surface area contributed by atoms with E-state index in [9.17, 15) is 4.79 Å². The summed E-state index contributed by atoms with van der Waals surface area (Å²) in [6.45, 7) is 0.841. The van der Waals surface area contributed by atoms with Crippen LogP contribution < -0.4 is 5.32 Å². The fourth-order valence-corrected chi connectivity index (χ4v) is 4.56. The third kappa shape index (κ3) is 2.39. The Labute approximate surface area is 128 Å². The Hall–Kier alpha value is -1.62. The van der Waals surface area contributed by atoms with Gasteiger partial charge in [0.1, 0.15) is 5.82 Å². The number of aromatic nitrogens is 2. The van der Waals surface area contributed by atoms with Crippen LogP contribution in [0.5, 0.6) is 0 Å². The van der Waals surface area contributed by atoms with Crippen LogP contribution in [0.2, 0.25) is 0 Å². The predicted molar refractivity (Wildman–Crippen MR) is 82.8 cm³/mol. The van der Waals surface area contributed by atoms with E-state index in [0.717, 1.165) is 43.6 Å². The second-order valence-electron chi connectivity index (χ2n) is 5.96. The highest BCUT2D eigenvalue weighted by molar-refractivity contribution is 7.10.